The van der Waals surface area contributed by atoms with Crippen LogP contribution in [0.15, 0.2) is 54.9 Å². The summed E-state index contributed by atoms with van der Waals surface area (Å²) in [5, 5.41) is 5.38. The summed E-state index contributed by atoms with van der Waals surface area (Å²) in [6.45, 7) is 2.77. The van der Waals surface area contributed by atoms with Crippen molar-refractivity contribution < 1.29 is 14.3 Å². The first-order valence-corrected chi connectivity index (χ1v) is 10.2. The predicted octanol–water partition coefficient (Wildman–Crippen LogP) is 4.05. The van der Waals surface area contributed by atoms with Crippen LogP contribution in [0.3, 0.4) is 0 Å². The molecule has 0 unspecified atom stereocenters. The number of rotatable bonds is 5. The Morgan fingerprint density at radius 3 is 2.62 bits per heavy atom. The summed E-state index contributed by atoms with van der Waals surface area (Å²) in [6.07, 6.45) is 3.53. The molecule has 3 aromatic heterocycles. The van der Waals surface area contributed by atoms with Crippen LogP contribution < -0.4 is 19.3 Å². The number of fused-ring (bicyclic) bond motifs is 2. The van der Waals surface area contributed by atoms with Crippen LogP contribution in [0.5, 0.6) is 11.8 Å². The Hall–Kier alpha value is -4.14. The molecule has 1 aliphatic rings. The monoisotopic (exact) mass is 430 g/mol. The number of carbonyl (C=O) groups excluding carboxylic acids is 1. The largest absolute Gasteiger partial charge is 0.481 e. The van der Waals surface area contributed by atoms with Crippen LogP contribution in [-0.4, -0.2) is 39.5 Å². The molecule has 0 bridgehead atoms. The van der Waals surface area contributed by atoms with Gasteiger partial charge in [0.2, 0.25) is 11.8 Å². The highest BCUT2D eigenvalue weighted by Gasteiger charge is 2.34. The number of benzene rings is 1. The lowest BCUT2D eigenvalue weighted by molar-refractivity contribution is 0.252. The molecular weight excluding hydrogens is 408 g/mol. The zero-order chi connectivity index (χ0) is 22.2. The second-order valence-electron chi connectivity index (χ2n) is 7.37. The molecule has 4 heterocycles. The first-order valence-electron chi connectivity index (χ1n) is 10.2. The van der Waals surface area contributed by atoms with Crippen molar-refractivity contribution in [2.45, 2.75) is 13.5 Å². The smallest absolute Gasteiger partial charge is 0.335 e. The highest BCUT2D eigenvalue weighted by atomic mass is 16.5. The van der Waals surface area contributed by atoms with Gasteiger partial charge in [0, 0.05) is 42.0 Å². The summed E-state index contributed by atoms with van der Waals surface area (Å²) in [7, 11) is 3.43. The third kappa shape index (κ3) is 3.37. The maximum atomic E-state index is 13.7. The van der Waals surface area contributed by atoms with Gasteiger partial charge in [-0.25, -0.2) is 14.7 Å². The SMILES string of the molecule is CCOc1ccc2c(n1)N(c1ccc(OC)nc1)C(=O)N(c1ccc3nn(C)cc3c1)C2. The second kappa shape index (κ2) is 7.84. The van der Waals surface area contributed by atoms with Gasteiger partial charge >= 0.3 is 6.03 Å². The molecule has 0 fully saturated rings. The van der Waals surface area contributed by atoms with E-state index >= 15 is 0 Å². The lowest BCUT2D eigenvalue weighted by atomic mass is 10.1. The van der Waals surface area contributed by atoms with Crippen molar-refractivity contribution in [3.8, 4) is 11.8 Å². The Morgan fingerprint density at radius 2 is 1.88 bits per heavy atom. The van der Waals surface area contributed by atoms with E-state index in [1.807, 2.05) is 50.5 Å². The number of ether oxygens (including phenoxy) is 2. The van der Waals surface area contributed by atoms with Gasteiger partial charge in [0.05, 0.1) is 37.7 Å². The zero-order valence-electron chi connectivity index (χ0n) is 18.0. The Kier molecular flexibility index (Phi) is 4.85. The van der Waals surface area contributed by atoms with E-state index in [1.54, 1.807) is 39.9 Å². The summed E-state index contributed by atoms with van der Waals surface area (Å²) >= 11 is 0. The molecule has 0 radical (unpaired) electrons. The van der Waals surface area contributed by atoms with Gasteiger partial charge in [-0.3, -0.25) is 9.58 Å². The van der Waals surface area contributed by atoms with E-state index in [0.717, 1.165) is 22.2 Å². The number of methoxy groups -OCH3 is 1. The van der Waals surface area contributed by atoms with Crippen LogP contribution in [-0.2, 0) is 13.6 Å². The Morgan fingerprint density at radius 1 is 1.06 bits per heavy atom. The first-order chi connectivity index (χ1) is 15.6. The Bertz CT molecular complexity index is 1300. The van der Waals surface area contributed by atoms with Crippen LogP contribution >= 0.6 is 0 Å². The highest BCUT2D eigenvalue weighted by molar-refractivity contribution is 6.10. The van der Waals surface area contributed by atoms with Crippen molar-refractivity contribution in [2.75, 3.05) is 23.5 Å². The summed E-state index contributed by atoms with van der Waals surface area (Å²) in [4.78, 5) is 25.9. The number of aromatic nitrogens is 4. The van der Waals surface area contributed by atoms with Gasteiger partial charge in [0.25, 0.3) is 0 Å². The predicted molar refractivity (Wildman–Crippen MR) is 121 cm³/mol. The molecular formula is C23H22N6O3. The minimum absolute atomic E-state index is 0.228. The molecule has 9 heteroatoms. The molecule has 162 valence electrons. The van der Waals surface area contributed by atoms with Crippen molar-refractivity contribution in [1.82, 2.24) is 19.7 Å². The van der Waals surface area contributed by atoms with E-state index in [-0.39, 0.29) is 6.03 Å². The summed E-state index contributed by atoms with van der Waals surface area (Å²) in [5.74, 6) is 1.47. The molecule has 0 atom stereocenters. The molecule has 9 nitrogen and oxygen atoms in total. The molecule has 2 amide bonds. The Balaban J connectivity index is 1.62. The number of amides is 2. The molecule has 1 aliphatic heterocycles. The van der Waals surface area contributed by atoms with E-state index in [4.69, 9.17) is 9.47 Å². The topological polar surface area (TPSA) is 85.6 Å². The van der Waals surface area contributed by atoms with Gasteiger partial charge in [-0.1, -0.05) is 0 Å². The minimum atomic E-state index is -0.228. The first kappa shape index (κ1) is 19.8. The fourth-order valence-electron chi connectivity index (χ4n) is 3.82. The number of urea groups is 1. The van der Waals surface area contributed by atoms with E-state index in [1.165, 1.54) is 0 Å². The normalized spacial score (nSPS) is 13.4. The Labute approximate surface area is 184 Å². The number of pyridine rings is 2. The number of anilines is 3. The van der Waals surface area contributed by atoms with Crippen molar-refractivity contribution in [1.29, 1.82) is 0 Å². The lowest BCUT2D eigenvalue weighted by Crippen LogP contribution is -2.45. The van der Waals surface area contributed by atoms with Gasteiger partial charge < -0.3 is 9.47 Å². The summed E-state index contributed by atoms with van der Waals surface area (Å²) in [6, 6.07) is 12.8. The van der Waals surface area contributed by atoms with E-state index < -0.39 is 0 Å². The number of nitrogens with zero attached hydrogens (tertiary/aromatic N) is 6. The van der Waals surface area contributed by atoms with Crippen LogP contribution in [0.1, 0.15) is 12.5 Å². The quantitative estimate of drug-likeness (QED) is 0.475. The van der Waals surface area contributed by atoms with Crippen molar-refractivity contribution in [3.05, 3.63) is 60.4 Å². The van der Waals surface area contributed by atoms with Crippen LogP contribution in [0, 0.1) is 0 Å². The third-order valence-corrected chi connectivity index (χ3v) is 5.29. The summed E-state index contributed by atoms with van der Waals surface area (Å²) in [5.41, 5.74) is 3.14. The third-order valence-electron chi connectivity index (χ3n) is 5.29. The number of hydrogen-bond acceptors (Lipinski definition) is 6. The zero-order valence-corrected chi connectivity index (χ0v) is 18.0. The molecule has 0 saturated carbocycles. The molecule has 0 saturated heterocycles. The summed E-state index contributed by atoms with van der Waals surface area (Å²) < 4.78 is 12.5. The molecule has 5 rings (SSSR count). The number of hydrogen-bond donors (Lipinski definition) is 0. The van der Waals surface area contributed by atoms with Gasteiger partial charge in [0.15, 0.2) is 0 Å². The molecule has 0 spiro atoms. The lowest BCUT2D eigenvalue weighted by Gasteiger charge is -2.36. The minimum Gasteiger partial charge on any atom is -0.481 e. The van der Waals surface area contributed by atoms with Crippen molar-refractivity contribution in [2.24, 2.45) is 7.05 Å². The average Bonchev–Trinajstić information content (AvgIpc) is 3.18. The van der Waals surface area contributed by atoms with Crippen molar-refractivity contribution >= 4 is 34.1 Å². The highest BCUT2D eigenvalue weighted by Crippen LogP contribution is 2.37. The van der Waals surface area contributed by atoms with Crippen molar-refractivity contribution in [3.63, 3.8) is 0 Å². The van der Waals surface area contributed by atoms with Crippen LogP contribution in [0.25, 0.3) is 10.9 Å². The fraction of sp³-hybridized carbons (Fsp3) is 0.217. The molecule has 4 aromatic rings. The van der Waals surface area contributed by atoms with Crippen LogP contribution in [0.4, 0.5) is 22.0 Å². The molecule has 1 aromatic carbocycles. The van der Waals surface area contributed by atoms with E-state index in [9.17, 15) is 4.79 Å². The van der Waals surface area contributed by atoms with Gasteiger partial charge in [-0.15, -0.1) is 0 Å². The molecule has 0 aliphatic carbocycles. The standard InChI is InChI=1S/C23H22N6O3/c1-4-32-21-9-5-15-14-28(17-6-8-19-16(11-17)13-27(2)26-19)23(30)29(22(15)25-21)18-7-10-20(31-3)24-12-18/h5-13H,4,14H2,1-3H3. The van der Waals surface area contributed by atoms with Gasteiger partial charge in [-0.05, 0) is 37.3 Å². The molecule has 32 heavy (non-hydrogen) atoms. The fourth-order valence-corrected chi connectivity index (χ4v) is 3.82. The maximum absolute atomic E-state index is 13.7. The number of aryl methyl sites for hydroxylation is 1. The van der Waals surface area contributed by atoms with Gasteiger partial charge in [-0.2, -0.15) is 10.1 Å². The second-order valence-corrected chi connectivity index (χ2v) is 7.37. The van der Waals surface area contributed by atoms with E-state index in [2.05, 4.69) is 15.1 Å². The molecule has 0 N–H and O–H groups in total. The average molecular weight is 430 g/mol. The van der Waals surface area contributed by atoms with E-state index in [0.29, 0.717) is 36.4 Å². The van der Waals surface area contributed by atoms with Crippen LogP contribution in [0.2, 0.25) is 0 Å². The van der Waals surface area contributed by atoms with Gasteiger partial charge in [0.1, 0.15) is 5.82 Å². The maximum Gasteiger partial charge on any atom is 0.335 e. The number of carbonyl (C=O) groups is 1.